The number of thiophene rings is 1. The van der Waals surface area contributed by atoms with E-state index in [1.165, 1.54) is 11.3 Å². The van der Waals surface area contributed by atoms with E-state index in [1.807, 2.05) is 37.3 Å². The van der Waals surface area contributed by atoms with Crippen molar-refractivity contribution < 1.29 is 28.2 Å². The van der Waals surface area contributed by atoms with Crippen molar-refractivity contribution in [3.05, 3.63) is 81.5 Å². The maximum atomic E-state index is 13.2. The molecule has 0 aliphatic rings. The summed E-state index contributed by atoms with van der Waals surface area (Å²) < 4.78 is 22.3. The highest BCUT2D eigenvalue weighted by Gasteiger charge is 2.16. The largest absolute Gasteiger partial charge is 0.493 e. The Labute approximate surface area is 217 Å². The molecule has 0 aliphatic heterocycles. The minimum Gasteiger partial charge on any atom is -0.493 e. The van der Waals surface area contributed by atoms with Crippen LogP contribution in [0.15, 0.2) is 69.5 Å². The van der Waals surface area contributed by atoms with Crippen molar-refractivity contribution in [1.82, 2.24) is 10.7 Å². The quantitative estimate of drug-likeness (QED) is 0.304. The van der Waals surface area contributed by atoms with Gasteiger partial charge in [-0.2, -0.15) is 0 Å². The Bertz CT molecular complexity index is 1460. The number of amides is 2. The molecule has 0 spiro atoms. The molecule has 0 aliphatic carbocycles. The highest BCUT2D eigenvalue weighted by Crippen LogP contribution is 2.28. The number of nitrogens with one attached hydrogen (secondary N) is 2. The fraction of sp³-hybridized carbons (Fsp3) is 0.222. The molecule has 2 aromatic heterocycles. The molecule has 0 saturated carbocycles. The SMILES string of the molecule is CCOc1cccc2cc(C(=O)NCCc3ccc(OC)c(OC)c3)/c(=N\NC(=O)c3cccs3)oc12. The smallest absolute Gasteiger partial charge is 0.281 e. The Morgan fingerprint density at radius 2 is 1.81 bits per heavy atom. The van der Waals surface area contributed by atoms with E-state index in [0.29, 0.717) is 52.7 Å². The van der Waals surface area contributed by atoms with Crippen LogP contribution >= 0.6 is 11.3 Å². The van der Waals surface area contributed by atoms with Crippen LogP contribution in [-0.4, -0.2) is 39.2 Å². The molecule has 4 rings (SSSR count). The van der Waals surface area contributed by atoms with Crippen LogP contribution in [0, 0.1) is 0 Å². The van der Waals surface area contributed by atoms with Gasteiger partial charge in [-0.1, -0.05) is 24.3 Å². The van der Waals surface area contributed by atoms with Crippen LogP contribution in [0.2, 0.25) is 0 Å². The van der Waals surface area contributed by atoms with Gasteiger partial charge < -0.3 is 23.9 Å². The summed E-state index contributed by atoms with van der Waals surface area (Å²) in [6, 6.07) is 16.1. The molecule has 9 nitrogen and oxygen atoms in total. The van der Waals surface area contributed by atoms with Crippen molar-refractivity contribution in [2.75, 3.05) is 27.4 Å². The van der Waals surface area contributed by atoms with E-state index in [9.17, 15) is 9.59 Å². The number of benzene rings is 2. The van der Waals surface area contributed by atoms with E-state index < -0.39 is 11.8 Å². The predicted molar refractivity (Wildman–Crippen MR) is 140 cm³/mol. The number of methoxy groups -OCH3 is 2. The molecule has 10 heteroatoms. The second-order valence-corrected chi connectivity index (χ2v) is 8.75. The number of hydrogen-bond acceptors (Lipinski definition) is 8. The number of nitrogens with zero attached hydrogens (tertiary/aromatic N) is 1. The first-order valence-corrected chi connectivity index (χ1v) is 12.5. The maximum absolute atomic E-state index is 13.2. The average Bonchev–Trinajstić information content (AvgIpc) is 3.47. The lowest BCUT2D eigenvalue weighted by Gasteiger charge is -2.11. The van der Waals surface area contributed by atoms with Crippen molar-refractivity contribution in [2.45, 2.75) is 13.3 Å². The summed E-state index contributed by atoms with van der Waals surface area (Å²) in [5, 5.41) is 9.50. The number of carbonyl (C=O) groups excluding carboxylic acids is 2. The first kappa shape index (κ1) is 25.8. The highest BCUT2D eigenvalue weighted by molar-refractivity contribution is 7.12. The van der Waals surface area contributed by atoms with Gasteiger partial charge in [-0.3, -0.25) is 9.59 Å². The molecule has 2 aromatic carbocycles. The molecular formula is C27H27N3O6S. The number of fused-ring (bicyclic) bond motifs is 1. The van der Waals surface area contributed by atoms with Crippen LogP contribution in [0.3, 0.4) is 0 Å². The van der Waals surface area contributed by atoms with Crippen molar-refractivity contribution in [2.24, 2.45) is 5.10 Å². The maximum Gasteiger partial charge on any atom is 0.281 e. The molecule has 2 N–H and O–H groups in total. The van der Waals surface area contributed by atoms with Gasteiger partial charge in [-0.15, -0.1) is 16.4 Å². The second kappa shape index (κ2) is 12.1. The summed E-state index contributed by atoms with van der Waals surface area (Å²) in [6.07, 6.45) is 0.562. The Morgan fingerprint density at radius 1 is 0.973 bits per heavy atom. The summed E-state index contributed by atoms with van der Waals surface area (Å²) in [4.78, 5) is 26.1. The van der Waals surface area contributed by atoms with Crippen molar-refractivity contribution in [3.8, 4) is 17.2 Å². The van der Waals surface area contributed by atoms with Gasteiger partial charge >= 0.3 is 0 Å². The molecule has 192 valence electrons. The highest BCUT2D eigenvalue weighted by atomic mass is 32.1. The molecule has 37 heavy (non-hydrogen) atoms. The third kappa shape index (κ3) is 6.10. The van der Waals surface area contributed by atoms with E-state index in [4.69, 9.17) is 18.6 Å². The lowest BCUT2D eigenvalue weighted by atomic mass is 10.1. The van der Waals surface area contributed by atoms with Gasteiger partial charge in [0.2, 0.25) is 5.55 Å². The lowest BCUT2D eigenvalue weighted by molar-refractivity contribution is 0.0936. The molecule has 4 aromatic rings. The van der Waals surface area contributed by atoms with Crippen LogP contribution in [0.1, 0.15) is 32.5 Å². The minimum atomic E-state index is -0.400. The van der Waals surface area contributed by atoms with Crippen LogP contribution in [-0.2, 0) is 6.42 Å². The normalized spacial score (nSPS) is 11.3. The topological polar surface area (TPSA) is 111 Å². The van der Waals surface area contributed by atoms with Gasteiger partial charge in [0, 0.05) is 11.9 Å². The Morgan fingerprint density at radius 3 is 2.54 bits per heavy atom. The van der Waals surface area contributed by atoms with E-state index in [0.717, 1.165) is 5.56 Å². The molecule has 2 heterocycles. The first-order valence-electron chi connectivity index (χ1n) is 11.6. The molecule has 0 bridgehead atoms. The van der Waals surface area contributed by atoms with E-state index >= 15 is 0 Å². The Hall–Kier alpha value is -4.31. The zero-order valence-electron chi connectivity index (χ0n) is 20.7. The van der Waals surface area contributed by atoms with E-state index in [2.05, 4.69) is 15.8 Å². The van der Waals surface area contributed by atoms with Crippen LogP contribution in [0.25, 0.3) is 11.0 Å². The first-order chi connectivity index (χ1) is 18.0. The predicted octanol–water partition coefficient (Wildman–Crippen LogP) is 4.13. The molecule has 2 amide bonds. The summed E-state index contributed by atoms with van der Waals surface area (Å²) in [5.74, 6) is 0.976. The van der Waals surface area contributed by atoms with Crippen molar-refractivity contribution >= 4 is 34.1 Å². The third-order valence-electron chi connectivity index (χ3n) is 5.43. The number of para-hydroxylation sites is 1. The fourth-order valence-electron chi connectivity index (χ4n) is 3.66. The molecule has 0 atom stereocenters. The second-order valence-electron chi connectivity index (χ2n) is 7.80. The Kier molecular flexibility index (Phi) is 8.42. The Balaban J connectivity index is 1.60. The summed E-state index contributed by atoms with van der Waals surface area (Å²) in [6.45, 7) is 2.66. The van der Waals surface area contributed by atoms with Gasteiger partial charge in [-0.05, 0) is 54.6 Å². The van der Waals surface area contributed by atoms with Crippen LogP contribution < -0.4 is 30.5 Å². The molecule has 0 unspecified atom stereocenters. The van der Waals surface area contributed by atoms with Crippen molar-refractivity contribution in [3.63, 3.8) is 0 Å². The van der Waals surface area contributed by atoms with Gasteiger partial charge in [0.15, 0.2) is 22.8 Å². The monoisotopic (exact) mass is 521 g/mol. The zero-order chi connectivity index (χ0) is 26.2. The molecule has 0 radical (unpaired) electrons. The van der Waals surface area contributed by atoms with Crippen molar-refractivity contribution in [1.29, 1.82) is 0 Å². The summed E-state index contributed by atoms with van der Waals surface area (Å²) >= 11 is 1.28. The van der Waals surface area contributed by atoms with Gasteiger partial charge in [0.25, 0.3) is 11.8 Å². The van der Waals surface area contributed by atoms with E-state index in [1.54, 1.807) is 43.9 Å². The average molecular weight is 522 g/mol. The molecular weight excluding hydrogens is 494 g/mol. The standard InChI is InChI=1S/C27H27N3O6S/c1-4-35-21-8-5-7-18-16-19(27(36-24(18)21)30-29-26(32)23-9-6-14-37-23)25(31)28-13-12-17-10-11-20(33-2)22(15-17)34-3/h5-11,14-16H,4,12-13H2,1-3H3,(H,28,31)(H,29,32)/b30-27+. The third-order valence-corrected chi connectivity index (χ3v) is 6.30. The summed E-state index contributed by atoms with van der Waals surface area (Å²) in [5.41, 5.74) is 4.02. The fourth-order valence-corrected chi connectivity index (χ4v) is 4.27. The van der Waals surface area contributed by atoms with Gasteiger partial charge in [0.1, 0.15) is 5.56 Å². The van der Waals surface area contributed by atoms with Crippen LogP contribution in [0.5, 0.6) is 17.2 Å². The van der Waals surface area contributed by atoms with Gasteiger partial charge in [0.05, 0.1) is 25.7 Å². The van der Waals surface area contributed by atoms with E-state index in [-0.39, 0.29) is 11.1 Å². The number of rotatable bonds is 10. The molecule has 0 saturated heterocycles. The number of hydrogen-bond donors (Lipinski definition) is 2. The number of carbonyl (C=O) groups is 2. The molecule has 0 fully saturated rings. The zero-order valence-corrected chi connectivity index (χ0v) is 21.5. The van der Waals surface area contributed by atoms with Gasteiger partial charge in [-0.25, -0.2) is 5.43 Å². The minimum absolute atomic E-state index is 0.0341. The van der Waals surface area contributed by atoms with Crippen LogP contribution in [0.4, 0.5) is 0 Å². The number of ether oxygens (including phenoxy) is 3. The lowest BCUT2D eigenvalue weighted by Crippen LogP contribution is -2.32. The summed E-state index contributed by atoms with van der Waals surface area (Å²) in [7, 11) is 3.15.